The number of hydrogen-bond acceptors (Lipinski definition) is 2. The molecule has 124 valence electrons. The number of piperidine rings is 1. The van der Waals surface area contributed by atoms with Crippen LogP contribution in [0.2, 0.25) is 0 Å². The lowest BCUT2D eigenvalue weighted by atomic mass is 10.0. The molecular formula is C20H22N2O2. The highest BCUT2D eigenvalue weighted by Crippen LogP contribution is 2.19. The Morgan fingerprint density at radius 2 is 1.42 bits per heavy atom. The van der Waals surface area contributed by atoms with Crippen molar-refractivity contribution >= 4 is 11.8 Å². The van der Waals surface area contributed by atoms with Crippen molar-refractivity contribution in [3.63, 3.8) is 0 Å². The molecule has 0 radical (unpaired) electrons. The maximum absolute atomic E-state index is 13.0. The molecule has 0 saturated carbocycles. The zero-order valence-corrected chi connectivity index (χ0v) is 13.7. The largest absolute Gasteiger partial charge is 0.341 e. The molecule has 0 spiro atoms. The molecule has 1 N–H and O–H groups in total. The van der Waals surface area contributed by atoms with E-state index in [1.165, 1.54) is 0 Å². The van der Waals surface area contributed by atoms with Crippen LogP contribution in [0.4, 0.5) is 0 Å². The van der Waals surface area contributed by atoms with Gasteiger partial charge in [-0.25, -0.2) is 0 Å². The van der Waals surface area contributed by atoms with Crippen molar-refractivity contribution in [3.05, 3.63) is 71.8 Å². The second-order valence-electron chi connectivity index (χ2n) is 6.07. The fourth-order valence-corrected chi connectivity index (χ4v) is 3.03. The number of rotatable bonds is 4. The van der Waals surface area contributed by atoms with Crippen LogP contribution in [-0.2, 0) is 4.79 Å². The summed E-state index contributed by atoms with van der Waals surface area (Å²) in [6.45, 7) is 1.53. The summed E-state index contributed by atoms with van der Waals surface area (Å²) in [7, 11) is 0. The van der Waals surface area contributed by atoms with Gasteiger partial charge in [-0.05, 0) is 37.0 Å². The van der Waals surface area contributed by atoms with E-state index < -0.39 is 6.04 Å². The molecule has 2 aromatic carbocycles. The topological polar surface area (TPSA) is 49.4 Å². The zero-order chi connectivity index (χ0) is 16.8. The van der Waals surface area contributed by atoms with E-state index in [4.69, 9.17) is 0 Å². The van der Waals surface area contributed by atoms with Gasteiger partial charge in [0.2, 0.25) is 5.91 Å². The normalized spacial score (nSPS) is 15.6. The Morgan fingerprint density at radius 3 is 2.04 bits per heavy atom. The summed E-state index contributed by atoms with van der Waals surface area (Å²) < 4.78 is 0. The van der Waals surface area contributed by atoms with Crippen LogP contribution < -0.4 is 5.32 Å². The van der Waals surface area contributed by atoms with E-state index in [1.54, 1.807) is 12.1 Å². The highest BCUT2D eigenvalue weighted by Gasteiger charge is 2.28. The first-order valence-corrected chi connectivity index (χ1v) is 8.45. The van der Waals surface area contributed by atoms with E-state index in [-0.39, 0.29) is 11.8 Å². The standard InChI is InChI=1S/C20H22N2O2/c23-19(17-12-6-2-7-13-17)21-18(16-10-4-1-5-11-16)20(24)22-14-8-3-9-15-22/h1-2,4-7,10-13,18H,3,8-9,14-15H2,(H,21,23)/t18-/m0/s1. The summed E-state index contributed by atoms with van der Waals surface area (Å²) in [5, 5.41) is 2.92. The monoisotopic (exact) mass is 322 g/mol. The van der Waals surface area contributed by atoms with Gasteiger partial charge < -0.3 is 10.2 Å². The van der Waals surface area contributed by atoms with Crippen molar-refractivity contribution < 1.29 is 9.59 Å². The molecule has 1 saturated heterocycles. The van der Waals surface area contributed by atoms with E-state index in [0.717, 1.165) is 37.9 Å². The molecule has 2 aromatic rings. The Hall–Kier alpha value is -2.62. The lowest BCUT2D eigenvalue weighted by molar-refractivity contribution is -0.134. The van der Waals surface area contributed by atoms with Crippen LogP contribution >= 0.6 is 0 Å². The SMILES string of the molecule is O=C(N[C@H](C(=O)N1CCCCC1)c1ccccc1)c1ccccc1. The molecule has 3 rings (SSSR count). The van der Waals surface area contributed by atoms with Crippen molar-refractivity contribution in [1.29, 1.82) is 0 Å². The van der Waals surface area contributed by atoms with Gasteiger partial charge in [0.1, 0.15) is 6.04 Å². The highest BCUT2D eigenvalue weighted by atomic mass is 16.2. The number of amides is 2. The minimum Gasteiger partial charge on any atom is -0.341 e. The molecule has 24 heavy (non-hydrogen) atoms. The zero-order valence-electron chi connectivity index (χ0n) is 13.7. The van der Waals surface area contributed by atoms with Gasteiger partial charge in [-0.3, -0.25) is 9.59 Å². The van der Waals surface area contributed by atoms with Crippen LogP contribution in [0.25, 0.3) is 0 Å². The van der Waals surface area contributed by atoms with Gasteiger partial charge in [-0.2, -0.15) is 0 Å². The maximum Gasteiger partial charge on any atom is 0.252 e. The second-order valence-corrected chi connectivity index (χ2v) is 6.07. The van der Waals surface area contributed by atoms with E-state index in [1.807, 2.05) is 53.4 Å². The van der Waals surface area contributed by atoms with Gasteiger partial charge in [0.05, 0.1) is 0 Å². The Kier molecular flexibility index (Phi) is 5.26. The first kappa shape index (κ1) is 16.2. The summed E-state index contributed by atoms with van der Waals surface area (Å²) in [6, 6.07) is 17.8. The minimum atomic E-state index is -0.642. The van der Waals surface area contributed by atoms with Crippen molar-refractivity contribution in [2.24, 2.45) is 0 Å². The quantitative estimate of drug-likeness (QED) is 0.940. The molecule has 0 aliphatic carbocycles. The number of carbonyl (C=O) groups is 2. The number of benzene rings is 2. The average molecular weight is 322 g/mol. The maximum atomic E-state index is 13.0. The van der Waals surface area contributed by atoms with Crippen molar-refractivity contribution in [2.75, 3.05) is 13.1 Å². The van der Waals surface area contributed by atoms with Gasteiger partial charge in [0.25, 0.3) is 5.91 Å². The lowest BCUT2D eigenvalue weighted by Crippen LogP contribution is -2.44. The fourth-order valence-electron chi connectivity index (χ4n) is 3.03. The van der Waals surface area contributed by atoms with E-state index in [0.29, 0.717) is 5.56 Å². The smallest absolute Gasteiger partial charge is 0.252 e. The Labute approximate surface area is 142 Å². The van der Waals surface area contributed by atoms with Crippen LogP contribution in [0.3, 0.4) is 0 Å². The molecular weight excluding hydrogens is 300 g/mol. The predicted molar refractivity (Wildman–Crippen MR) is 93.5 cm³/mol. The number of hydrogen-bond donors (Lipinski definition) is 1. The molecule has 1 aliphatic heterocycles. The minimum absolute atomic E-state index is 0.0230. The number of nitrogens with one attached hydrogen (secondary N) is 1. The van der Waals surface area contributed by atoms with E-state index >= 15 is 0 Å². The van der Waals surface area contributed by atoms with Crippen LogP contribution in [0.1, 0.15) is 41.2 Å². The Bertz CT molecular complexity index is 679. The summed E-state index contributed by atoms with van der Waals surface area (Å²) in [4.78, 5) is 27.4. The lowest BCUT2D eigenvalue weighted by Gasteiger charge is -2.31. The number of nitrogens with zero attached hydrogens (tertiary/aromatic N) is 1. The molecule has 1 atom stereocenters. The van der Waals surface area contributed by atoms with E-state index in [9.17, 15) is 9.59 Å². The van der Waals surface area contributed by atoms with Crippen molar-refractivity contribution in [2.45, 2.75) is 25.3 Å². The number of likely N-dealkylation sites (tertiary alicyclic amines) is 1. The first-order chi connectivity index (χ1) is 11.8. The fraction of sp³-hybridized carbons (Fsp3) is 0.300. The summed E-state index contributed by atoms with van der Waals surface area (Å²) in [5.41, 5.74) is 1.38. The Morgan fingerprint density at radius 1 is 0.833 bits per heavy atom. The predicted octanol–water partition coefficient (Wildman–Crippen LogP) is 3.17. The molecule has 0 aromatic heterocycles. The van der Waals surface area contributed by atoms with Crippen molar-refractivity contribution in [3.8, 4) is 0 Å². The molecule has 4 heteroatoms. The second kappa shape index (κ2) is 7.77. The van der Waals surface area contributed by atoms with Gasteiger partial charge in [0.15, 0.2) is 0 Å². The molecule has 1 aliphatic rings. The van der Waals surface area contributed by atoms with Crippen molar-refractivity contribution in [1.82, 2.24) is 10.2 Å². The van der Waals surface area contributed by atoms with Gasteiger partial charge in [-0.15, -0.1) is 0 Å². The average Bonchev–Trinajstić information content (AvgIpc) is 2.67. The molecule has 4 nitrogen and oxygen atoms in total. The van der Waals surface area contributed by atoms with Crippen LogP contribution in [0.5, 0.6) is 0 Å². The number of carbonyl (C=O) groups excluding carboxylic acids is 2. The summed E-state index contributed by atoms with van der Waals surface area (Å²) in [6.07, 6.45) is 3.22. The third-order valence-corrected chi connectivity index (χ3v) is 4.36. The first-order valence-electron chi connectivity index (χ1n) is 8.45. The summed E-state index contributed by atoms with van der Waals surface area (Å²) in [5.74, 6) is -0.250. The van der Waals surface area contributed by atoms with Gasteiger partial charge in [-0.1, -0.05) is 48.5 Å². The van der Waals surface area contributed by atoms with E-state index in [2.05, 4.69) is 5.32 Å². The van der Waals surface area contributed by atoms with Crippen LogP contribution in [-0.4, -0.2) is 29.8 Å². The molecule has 1 heterocycles. The highest BCUT2D eigenvalue weighted by molar-refractivity contribution is 5.97. The van der Waals surface area contributed by atoms with Gasteiger partial charge >= 0.3 is 0 Å². The third-order valence-electron chi connectivity index (χ3n) is 4.36. The molecule has 0 unspecified atom stereocenters. The third kappa shape index (κ3) is 3.82. The van der Waals surface area contributed by atoms with Crippen LogP contribution in [0, 0.1) is 0 Å². The molecule has 1 fully saturated rings. The molecule has 2 amide bonds. The van der Waals surface area contributed by atoms with Crippen LogP contribution in [0.15, 0.2) is 60.7 Å². The Balaban J connectivity index is 1.82. The van der Waals surface area contributed by atoms with Gasteiger partial charge in [0, 0.05) is 18.7 Å². The summed E-state index contributed by atoms with van der Waals surface area (Å²) >= 11 is 0. The molecule has 0 bridgehead atoms.